The van der Waals surface area contributed by atoms with Crippen molar-refractivity contribution in [3.8, 4) is 0 Å². The minimum atomic E-state index is -4.25. The monoisotopic (exact) mass is 446 g/mol. The zero-order valence-corrected chi connectivity index (χ0v) is 17.5. The molecule has 0 radical (unpaired) electrons. The Morgan fingerprint density at radius 3 is 2.72 bits per heavy atom. The van der Waals surface area contributed by atoms with Gasteiger partial charge in [-0.2, -0.15) is 13.2 Å². The number of nitrogens with zero attached hydrogens (tertiary/aromatic N) is 4. The maximum Gasteiger partial charge on any atom is 0.393 e. The Bertz CT molecular complexity index is 1120. The van der Waals surface area contributed by atoms with E-state index in [2.05, 4.69) is 25.2 Å². The summed E-state index contributed by atoms with van der Waals surface area (Å²) in [5.41, 5.74) is 2.72. The first-order valence-corrected chi connectivity index (χ1v) is 11.0. The van der Waals surface area contributed by atoms with Gasteiger partial charge in [0.25, 0.3) is 0 Å². The number of urea groups is 1. The maximum absolute atomic E-state index is 13.1. The summed E-state index contributed by atoms with van der Waals surface area (Å²) in [5.74, 6) is -1.43. The molecule has 0 spiro atoms. The number of aromatic nitrogens is 3. The van der Waals surface area contributed by atoms with E-state index in [4.69, 9.17) is 0 Å². The Hall–Kier alpha value is -3.04. The fourth-order valence-electron chi connectivity index (χ4n) is 4.86. The maximum atomic E-state index is 13.1. The molecular weight excluding hydrogens is 421 g/mol. The lowest BCUT2D eigenvalue weighted by Gasteiger charge is -2.37. The van der Waals surface area contributed by atoms with E-state index in [0.717, 1.165) is 53.6 Å². The first-order chi connectivity index (χ1) is 15.4. The molecule has 1 atom stereocenters. The lowest BCUT2D eigenvalue weighted by Crippen LogP contribution is -2.52. The number of H-pyrrole nitrogens is 1. The average Bonchev–Trinajstić information content (AvgIpc) is 3.28. The van der Waals surface area contributed by atoms with Crippen LogP contribution in [-0.2, 0) is 0 Å². The van der Waals surface area contributed by atoms with Gasteiger partial charge in [-0.3, -0.25) is 4.98 Å². The van der Waals surface area contributed by atoms with Crippen LogP contribution in [0.1, 0.15) is 25.7 Å². The summed E-state index contributed by atoms with van der Waals surface area (Å²) in [6.45, 7) is 1.60. The number of alkyl halides is 3. The molecule has 5 heterocycles. The molecule has 10 heteroatoms. The number of hydrogen-bond acceptors (Lipinski definition) is 4. The summed E-state index contributed by atoms with van der Waals surface area (Å²) in [4.78, 5) is 28.2. The minimum Gasteiger partial charge on any atom is -0.371 e. The van der Waals surface area contributed by atoms with Crippen LogP contribution in [0.15, 0.2) is 30.7 Å². The van der Waals surface area contributed by atoms with Gasteiger partial charge in [0.05, 0.1) is 17.6 Å². The zero-order valence-electron chi connectivity index (χ0n) is 17.5. The topological polar surface area (TPSA) is 77.1 Å². The van der Waals surface area contributed by atoms with Crippen LogP contribution < -0.4 is 10.2 Å². The zero-order chi connectivity index (χ0) is 22.3. The Kier molecular flexibility index (Phi) is 5.30. The quantitative estimate of drug-likeness (QED) is 0.622. The van der Waals surface area contributed by atoms with Gasteiger partial charge in [0.2, 0.25) is 0 Å². The molecule has 0 saturated carbocycles. The highest BCUT2D eigenvalue weighted by molar-refractivity contribution is 6.09. The number of hydrogen-bond donors (Lipinski definition) is 2. The number of nitrogens with one attached hydrogen (secondary N) is 2. The molecule has 170 valence electrons. The third-order valence-electron chi connectivity index (χ3n) is 6.60. The number of piperidine rings is 2. The third-order valence-corrected chi connectivity index (χ3v) is 6.60. The van der Waals surface area contributed by atoms with Crippen LogP contribution in [0.5, 0.6) is 0 Å². The van der Waals surface area contributed by atoms with Crippen molar-refractivity contribution in [3.63, 3.8) is 0 Å². The molecule has 2 aliphatic heterocycles. The molecule has 32 heavy (non-hydrogen) atoms. The molecule has 2 saturated heterocycles. The fourth-order valence-corrected chi connectivity index (χ4v) is 4.86. The Balaban J connectivity index is 1.24. The number of halogens is 3. The molecule has 1 unspecified atom stereocenters. The van der Waals surface area contributed by atoms with Crippen molar-refractivity contribution in [2.45, 2.75) is 37.9 Å². The number of fused-ring (bicyclic) bond motifs is 3. The highest BCUT2D eigenvalue weighted by Crippen LogP contribution is 2.34. The van der Waals surface area contributed by atoms with Crippen molar-refractivity contribution in [2.24, 2.45) is 5.92 Å². The van der Waals surface area contributed by atoms with Crippen molar-refractivity contribution in [2.75, 3.05) is 31.1 Å². The summed E-state index contributed by atoms with van der Waals surface area (Å²) in [5, 5.41) is 5.03. The van der Waals surface area contributed by atoms with Gasteiger partial charge < -0.3 is 20.1 Å². The second kappa shape index (κ2) is 8.14. The highest BCUT2D eigenvalue weighted by atomic mass is 19.4. The van der Waals surface area contributed by atoms with Gasteiger partial charge in [0.15, 0.2) is 0 Å². The number of aromatic amines is 1. The van der Waals surface area contributed by atoms with E-state index < -0.39 is 12.1 Å². The van der Waals surface area contributed by atoms with E-state index in [1.54, 1.807) is 12.4 Å². The second-order valence-electron chi connectivity index (χ2n) is 8.63. The van der Waals surface area contributed by atoms with Crippen LogP contribution in [0.4, 0.5) is 23.7 Å². The Labute approximate surface area is 183 Å². The van der Waals surface area contributed by atoms with Gasteiger partial charge in [0.1, 0.15) is 5.65 Å². The molecular formula is C22H25F3N6O. The van der Waals surface area contributed by atoms with E-state index in [9.17, 15) is 18.0 Å². The van der Waals surface area contributed by atoms with E-state index >= 15 is 0 Å². The molecule has 2 N–H and O–H groups in total. The van der Waals surface area contributed by atoms with Crippen LogP contribution in [0.3, 0.4) is 0 Å². The number of carbonyl (C=O) groups is 1. The first-order valence-electron chi connectivity index (χ1n) is 11.0. The van der Waals surface area contributed by atoms with Gasteiger partial charge in [-0.15, -0.1) is 0 Å². The molecule has 2 amide bonds. The number of likely N-dealkylation sites (tertiary alicyclic amines) is 1. The summed E-state index contributed by atoms with van der Waals surface area (Å²) < 4.78 is 39.2. The number of carbonyl (C=O) groups excluding carboxylic acids is 1. The SMILES string of the molecule is O=C(NC1CCN(c2ccnc3cnc4[nH]ccc4c23)CC1)N1CCCC(C(F)(F)F)C1. The largest absolute Gasteiger partial charge is 0.393 e. The minimum absolute atomic E-state index is 0.0490. The molecule has 2 fully saturated rings. The van der Waals surface area contributed by atoms with E-state index in [1.807, 2.05) is 18.3 Å². The first kappa shape index (κ1) is 20.8. The van der Waals surface area contributed by atoms with Gasteiger partial charge in [-0.1, -0.05) is 0 Å². The lowest BCUT2D eigenvalue weighted by atomic mass is 9.97. The molecule has 3 aromatic heterocycles. The molecule has 0 aromatic carbocycles. The smallest absolute Gasteiger partial charge is 0.371 e. The normalized spacial score (nSPS) is 20.8. The second-order valence-corrected chi connectivity index (χ2v) is 8.63. The average molecular weight is 446 g/mol. The third kappa shape index (κ3) is 3.93. The van der Waals surface area contributed by atoms with Crippen molar-refractivity contribution in [3.05, 3.63) is 30.7 Å². The van der Waals surface area contributed by atoms with Gasteiger partial charge in [0, 0.05) is 61.1 Å². The fraction of sp³-hybridized carbons (Fsp3) is 0.500. The van der Waals surface area contributed by atoms with Crippen LogP contribution in [0.2, 0.25) is 0 Å². The highest BCUT2D eigenvalue weighted by Gasteiger charge is 2.42. The molecule has 7 nitrogen and oxygen atoms in total. The number of amides is 2. The van der Waals surface area contributed by atoms with Gasteiger partial charge in [-0.25, -0.2) is 9.78 Å². The van der Waals surface area contributed by atoms with E-state index in [1.165, 1.54) is 4.90 Å². The summed E-state index contributed by atoms with van der Waals surface area (Å²) in [6.07, 6.45) is 3.08. The number of rotatable bonds is 2. The van der Waals surface area contributed by atoms with Crippen molar-refractivity contribution >= 4 is 33.7 Å². The summed E-state index contributed by atoms with van der Waals surface area (Å²) >= 11 is 0. The predicted octanol–water partition coefficient (Wildman–Crippen LogP) is 4.06. The van der Waals surface area contributed by atoms with Crippen LogP contribution in [-0.4, -0.2) is 64.3 Å². The van der Waals surface area contributed by atoms with Gasteiger partial charge >= 0.3 is 12.2 Å². The Morgan fingerprint density at radius 1 is 1.12 bits per heavy atom. The van der Waals surface area contributed by atoms with Crippen molar-refractivity contribution in [1.29, 1.82) is 0 Å². The Morgan fingerprint density at radius 2 is 1.94 bits per heavy atom. The van der Waals surface area contributed by atoms with Gasteiger partial charge in [-0.05, 0) is 37.8 Å². The van der Waals surface area contributed by atoms with Crippen LogP contribution in [0, 0.1) is 5.92 Å². The molecule has 0 bridgehead atoms. The van der Waals surface area contributed by atoms with Crippen molar-refractivity contribution in [1.82, 2.24) is 25.2 Å². The summed E-state index contributed by atoms with van der Waals surface area (Å²) in [7, 11) is 0. The molecule has 5 rings (SSSR count). The molecule has 3 aromatic rings. The van der Waals surface area contributed by atoms with Crippen molar-refractivity contribution < 1.29 is 18.0 Å². The standard InChI is InChI=1S/C22H25F3N6O/c23-22(24,25)14-2-1-9-31(13-14)21(32)29-15-5-10-30(11-6-15)18-4-8-26-17-12-28-20-16(19(17)18)3-7-27-20/h3-4,7-8,12,14-15H,1-2,5-6,9-11,13H2,(H,27,28)(H,29,32). The number of pyridine rings is 2. The molecule has 0 aliphatic carbocycles. The lowest BCUT2D eigenvalue weighted by molar-refractivity contribution is -0.184. The molecule has 2 aliphatic rings. The van der Waals surface area contributed by atoms with Crippen LogP contribution >= 0.6 is 0 Å². The van der Waals surface area contributed by atoms with E-state index in [-0.39, 0.29) is 25.0 Å². The summed E-state index contributed by atoms with van der Waals surface area (Å²) in [6, 6.07) is 3.56. The predicted molar refractivity (Wildman–Crippen MR) is 116 cm³/mol. The van der Waals surface area contributed by atoms with Crippen LogP contribution in [0.25, 0.3) is 21.9 Å². The number of anilines is 1. The van der Waals surface area contributed by atoms with E-state index in [0.29, 0.717) is 13.0 Å².